The summed E-state index contributed by atoms with van der Waals surface area (Å²) in [5.41, 5.74) is 2.22. The Kier molecular flexibility index (Phi) is 6.27. The summed E-state index contributed by atoms with van der Waals surface area (Å²) in [6.07, 6.45) is 10.2. The number of rotatable bonds is 6. The van der Waals surface area contributed by atoms with Crippen molar-refractivity contribution >= 4 is 34.8 Å². The molecular weight excluding hydrogens is 400 g/mol. The fourth-order valence-electron chi connectivity index (χ4n) is 3.47. The summed E-state index contributed by atoms with van der Waals surface area (Å²) < 4.78 is 8.47. The zero-order valence-corrected chi connectivity index (χ0v) is 18.8. The number of nitrogens with one attached hydrogen (secondary N) is 2. The van der Waals surface area contributed by atoms with E-state index in [9.17, 15) is 0 Å². The van der Waals surface area contributed by atoms with Crippen molar-refractivity contribution in [1.29, 1.82) is 0 Å². The number of nitrogens with zero attached hydrogens (tertiary/aromatic N) is 2. The van der Waals surface area contributed by atoms with Gasteiger partial charge in [-0.3, -0.25) is 4.72 Å². The molecule has 1 aromatic carbocycles. The number of hydrogen-bond acceptors (Lipinski definition) is 7. The minimum Gasteiger partial charge on any atom is -0.363 e. The molecule has 0 unspecified atom stereocenters. The molecule has 5 nitrogen and oxygen atoms in total. The van der Waals surface area contributed by atoms with Crippen molar-refractivity contribution in [3.63, 3.8) is 0 Å². The molecule has 0 atom stereocenters. The fourth-order valence-corrected chi connectivity index (χ4v) is 5.55. The molecule has 1 aliphatic rings. The van der Waals surface area contributed by atoms with Crippen LogP contribution in [0.15, 0.2) is 46.1 Å². The van der Waals surface area contributed by atoms with Gasteiger partial charge in [-0.15, -0.1) is 11.3 Å². The number of benzene rings is 1. The molecule has 154 valence electrons. The second-order valence-electron chi connectivity index (χ2n) is 8.57. The van der Waals surface area contributed by atoms with E-state index < -0.39 is 0 Å². The van der Waals surface area contributed by atoms with E-state index >= 15 is 0 Å². The van der Waals surface area contributed by atoms with E-state index in [1.807, 2.05) is 17.4 Å². The average Bonchev–Trinajstić information content (AvgIpc) is 3.39. The highest BCUT2D eigenvalue weighted by atomic mass is 32.2. The minimum atomic E-state index is 0.0123. The van der Waals surface area contributed by atoms with Crippen LogP contribution >= 0.6 is 23.3 Å². The van der Waals surface area contributed by atoms with Crippen molar-refractivity contribution in [3.8, 4) is 10.4 Å². The summed E-state index contributed by atoms with van der Waals surface area (Å²) in [5, 5.41) is 8.54. The van der Waals surface area contributed by atoms with E-state index in [0.29, 0.717) is 11.7 Å². The molecule has 4 rings (SSSR count). The zero-order valence-electron chi connectivity index (χ0n) is 17.2. The van der Waals surface area contributed by atoms with Crippen LogP contribution in [0.4, 0.5) is 11.5 Å². The van der Waals surface area contributed by atoms with E-state index in [2.05, 4.69) is 60.4 Å². The summed E-state index contributed by atoms with van der Waals surface area (Å²) in [6.45, 7) is 6.52. The third-order valence-electron chi connectivity index (χ3n) is 4.90. The maximum atomic E-state index is 4.93. The van der Waals surface area contributed by atoms with Crippen LogP contribution in [-0.2, 0) is 0 Å². The summed E-state index contributed by atoms with van der Waals surface area (Å²) in [6, 6.07) is 8.24. The van der Waals surface area contributed by atoms with Gasteiger partial charge in [0, 0.05) is 39.9 Å². The van der Waals surface area contributed by atoms with Crippen LogP contribution in [-0.4, -0.2) is 15.7 Å². The van der Waals surface area contributed by atoms with Crippen molar-refractivity contribution in [2.45, 2.75) is 69.2 Å². The smallest absolute Gasteiger partial charge is 0.173 e. The van der Waals surface area contributed by atoms with Crippen molar-refractivity contribution in [1.82, 2.24) is 14.9 Å². The topological polar surface area (TPSA) is 63.0 Å². The molecule has 0 spiro atoms. The molecule has 1 aliphatic carbocycles. The molecule has 0 radical (unpaired) electrons. The third kappa shape index (κ3) is 5.41. The normalized spacial score (nSPS) is 15.6. The number of hydrogen-bond donors (Lipinski definition) is 2. The molecule has 3 aromatic rings. The molecule has 1 saturated carbocycles. The Morgan fingerprint density at radius 1 is 1.14 bits per heavy atom. The quantitative estimate of drug-likeness (QED) is 0.413. The van der Waals surface area contributed by atoms with Crippen LogP contribution < -0.4 is 10.0 Å². The molecule has 7 heteroatoms. The van der Waals surface area contributed by atoms with E-state index in [1.165, 1.54) is 52.4 Å². The lowest BCUT2D eigenvalue weighted by Gasteiger charge is -2.21. The van der Waals surface area contributed by atoms with Crippen LogP contribution in [0, 0.1) is 0 Å². The fraction of sp³-hybridized carbons (Fsp3) is 0.455. The van der Waals surface area contributed by atoms with Crippen molar-refractivity contribution in [3.05, 3.63) is 41.7 Å². The number of thiazole rings is 1. The van der Waals surface area contributed by atoms with Crippen molar-refractivity contribution in [2.75, 3.05) is 5.32 Å². The summed E-state index contributed by atoms with van der Waals surface area (Å²) in [5.74, 6) is 1.34. The second-order valence-corrected chi connectivity index (χ2v) is 10.5. The van der Waals surface area contributed by atoms with Gasteiger partial charge in [0.25, 0.3) is 0 Å². The Bertz CT molecular complexity index is 925. The monoisotopic (exact) mass is 428 g/mol. The minimum absolute atomic E-state index is 0.0123. The molecular formula is C22H28N4OS2. The lowest BCUT2D eigenvalue weighted by atomic mass is 9.90. The average molecular weight is 429 g/mol. The Hall–Kier alpha value is -1.83. The number of aromatic nitrogens is 2. The van der Waals surface area contributed by atoms with E-state index in [-0.39, 0.29) is 5.54 Å². The van der Waals surface area contributed by atoms with Gasteiger partial charge in [-0.1, -0.05) is 30.5 Å². The van der Waals surface area contributed by atoms with Gasteiger partial charge in [-0.2, -0.15) is 0 Å². The summed E-state index contributed by atoms with van der Waals surface area (Å²) >= 11 is 3.52. The highest BCUT2D eigenvalue weighted by Gasteiger charge is 2.20. The maximum Gasteiger partial charge on any atom is 0.173 e. The molecule has 0 aliphatic heterocycles. The van der Waals surface area contributed by atoms with Crippen LogP contribution in [0.3, 0.4) is 0 Å². The third-order valence-corrected chi connectivity index (χ3v) is 7.37. The van der Waals surface area contributed by atoms with Gasteiger partial charge in [-0.05, 0) is 57.7 Å². The first kappa shape index (κ1) is 20.4. The summed E-state index contributed by atoms with van der Waals surface area (Å²) in [7, 11) is 0. The van der Waals surface area contributed by atoms with Gasteiger partial charge in [0.05, 0.1) is 9.88 Å². The van der Waals surface area contributed by atoms with Crippen LogP contribution in [0.25, 0.3) is 10.4 Å². The predicted molar refractivity (Wildman–Crippen MR) is 122 cm³/mol. The van der Waals surface area contributed by atoms with Gasteiger partial charge in [0.2, 0.25) is 0 Å². The van der Waals surface area contributed by atoms with Crippen molar-refractivity contribution in [2.24, 2.45) is 0 Å². The molecule has 1 fully saturated rings. The highest BCUT2D eigenvalue weighted by Crippen LogP contribution is 2.41. The standard InChI is InChI=1S/C22H28N4OS2/c1-22(2,3)26-29-18-13-16(24-20-11-12-27-25-20)9-10-17(18)19-14-23-21(28-19)15-7-5-4-6-8-15/h9-15,26H,4-8H2,1-3H3,(H,24,25). The lowest BCUT2D eigenvalue weighted by molar-refractivity contribution is 0.423. The van der Waals surface area contributed by atoms with Gasteiger partial charge >= 0.3 is 0 Å². The van der Waals surface area contributed by atoms with E-state index in [0.717, 1.165) is 5.69 Å². The molecule has 0 bridgehead atoms. The predicted octanol–water partition coefficient (Wildman–Crippen LogP) is 6.98. The van der Waals surface area contributed by atoms with E-state index in [1.54, 1.807) is 18.2 Å². The first-order valence-electron chi connectivity index (χ1n) is 10.2. The maximum absolute atomic E-state index is 4.93. The van der Waals surface area contributed by atoms with Gasteiger partial charge in [-0.25, -0.2) is 4.98 Å². The van der Waals surface area contributed by atoms with Crippen LogP contribution in [0.2, 0.25) is 0 Å². The van der Waals surface area contributed by atoms with Gasteiger partial charge < -0.3 is 9.84 Å². The highest BCUT2D eigenvalue weighted by molar-refractivity contribution is 7.97. The SMILES string of the molecule is CC(C)(C)NSc1cc(Nc2ccon2)ccc1-c1cnc(C2CCCCC2)s1. The largest absolute Gasteiger partial charge is 0.363 e. The Morgan fingerprint density at radius 3 is 2.69 bits per heavy atom. The molecule has 2 N–H and O–H groups in total. The Labute approximate surface area is 180 Å². The van der Waals surface area contributed by atoms with E-state index in [4.69, 9.17) is 9.51 Å². The zero-order chi connectivity index (χ0) is 20.3. The molecule has 0 saturated heterocycles. The molecule has 0 amide bonds. The van der Waals surface area contributed by atoms with Gasteiger partial charge in [0.15, 0.2) is 5.82 Å². The second kappa shape index (κ2) is 8.90. The lowest BCUT2D eigenvalue weighted by Crippen LogP contribution is -2.29. The van der Waals surface area contributed by atoms with Gasteiger partial charge in [0.1, 0.15) is 6.26 Å². The number of anilines is 2. The van der Waals surface area contributed by atoms with Crippen LogP contribution in [0.1, 0.15) is 63.8 Å². The first-order valence-corrected chi connectivity index (χ1v) is 11.8. The molecule has 2 heterocycles. The van der Waals surface area contributed by atoms with Crippen LogP contribution in [0.5, 0.6) is 0 Å². The first-order chi connectivity index (χ1) is 14.0. The Balaban J connectivity index is 1.61. The Morgan fingerprint density at radius 2 is 1.97 bits per heavy atom. The molecule has 29 heavy (non-hydrogen) atoms. The summed E-state index contributed by atoms with van der Waals surface area (Å²) in [4.78, 5) is 7.21. The molecule has 2 aromatic heterocycles. The van der Waals surface area contributed by atoms with Crippen molar-refractivity contribution < 1.29 is 4.52 Å².